The largest absolute Gasteiger partial charge is 0.496 e. The lowest BCUT2D eigenvalue weighted by molar-refractivity contribution is -0.155. The Bertz CT molecular complexity index is 1860. The highest BCUT2D eigenvalue weighted by molar-refractivity contribution is 7.90. The molecule has 10 heteroatoms. The summed E-state index contributed by atoms with van der Waals surface area (Å²) in [5.41, 5.74) is 6.57. The number of nitrogens with one attached hydrogen (secondary N) is 1. The van der Waals surface area contributed by atoms with Crippen LogP contribution in [0.2, 0.25) is 0 Å². The second-order valence-corrected chi connectivity index (χ2v) is 16.8. The fourth-order valence-corrected chi connectivity index (χ4v) is 10.4. The number of rotatable bonds is 7. The summed E-state index contributed by atoms with van der Waals surface area (Å²) in [7, 11) is -2.12. The number of allylic oxidation sites excluding steroid dienone is 4. The van der Waals surface area contributed by atoms with Crippen molar-refractivity contribution in [1.82, 2.24) is 14.2 Å². The van der Waals surface area contributed by atoms with Gasteiger partial charge in [0.25, 0.3) is 5.91 Å². The molecule has 2 aromatic rings. The van der Waals surface area contributed by atoms with Crippen molar-refractivity contribution < 1.29 is 27.5 Å². The van der Waals surface area contributed by atoms with Crippen LogP contribution in [0.1, 0.15) is 101 Å². The number of ether oxygens (including phenoxy) is 2. The van der Waals surface area contributed by atoms with Gasteiger partial charge in [0.15, 0.2) is 0 Å². The molecule has 2 bridgehead atoms. The van der Waals surface area contributed by atoms with E-state index in [0.717, 1.165) is 71.2 Å². The van der Waals surface area contributed by atoms with E-state index in [1.54, 1.807) is 21.0 Å². The zero-order valence-corrected chi connectivity index (χ0v) is 29.1. The first kappa shape index (κ1) is 31.9. The lowest BCUT2D eigenvalue weighted by Crippen LogP contribution is -2.59. The van der Waals surface area contributed by atoms with Crippen molar-refractivity contribution in [3.8, 4) is 5.75 Å². The van der Waals surface area contributed by atoms with Crippen LogP contribution in [-0.4, -0.2) is 67.4 Å². The van der Waals surface area contributed by atoms with Crippen molar-refractivity contribution in [3.05, 3.63) is 63.9 Å². The molecule has 8 rings (SSSR count). The highest BCUT2D eigenvalue weighted by Crippen LogP contribution is 2.55. The van der Waals surface area contributed by atoms with E-state index in [-0.39, 0.29) is 29.8 Å². The minimum Gasteiger partial charge on any atom is -0.496 e. The number of amides is 2. The molecule has 3 fully saturated rings. The Hall–Kier alpha value is -3.37. The maximum absolute atomic E-state index is 14.8. The van der Waals surface area contributed by atoms with Gasteiger partial charge in [-0.25, -0.2) is 13.1 Å². The molecule has 256 valence electrons. The molecule has 2 unspecified atom stereocenters. The number of methoxy groups -OCH3 is 1. The smallest absolute Gasteiger partial charge is 0.265 e. The zero-order chi connectivity index (χ0) is 33.3. The highest BCUT2D eigenvalue weighted by atomic mass is 32.2. The lowest BCUT2D eigenvalue weighted by Gasteiger charge is -2.48. The monoisotopic (exact) mass is 673 g/mol. The molecule has 1 saturated carbocycles. The van der Waals surface area contributed by atoms with E-state index in [2.05, 4.69) is 44.5 Å². The van der Waals surface area contributed by atoms with Crippen LogP contribution in [0.4, 0.5) is 0 Å². The molecule has 2 saturated heterocycles. The predicted molar refractivity (Wildman–Crippen MR) is 184 cm³/mol. The summed E-state index contributed by atoms with van der Waals surface area (Å²) in [6, 6.07) is 6.72. The quantitative estimate of drug-likeness (QED) is 0.387. The minimum absolute atomic E-state index is 0.0864. The van der Waals surface area contributed by atoms with Gasteiger partial charge in [-0.2, -0.15) is 0 Å². The third kappa shape index (κ3) is 5.08. The van der Waals surface area contributed by atoms with Gasteiger partial charge in [-0.1, -0.05) is 44.4 Å². The van der Waals surface area contributed by atoms with Gasteiger partial charge in [-0.15, -0.1) is 0 Å². The van der Waals surface area contributed by atoms with E-state index >= 15 is 0 Å². The average molecular weight is 674 g/mol. The van der Waals surface area contributed by atoms with Crippen molar-refractivity contribution in [1.29, 1.82) is 0 Å². The number of hydrogen-bond acceptors (Lipinski definition) is 6. The Morgan fingerprint density at radius 3 is 2.52 bits per heavy atom. The summed E-state index contributed by atoms with van der Waals surface area (Å²) < 4.78 is 42.7. The molecule has 0 radical (unpaired) electrons. The van der Waals surface area contributed by atoms with E-state index in [1.807, 2.05) is 0 Å². The van der Waals surface area contributed by atoms with Gasteiger partial charge in [-0.05, 0) is 92.2 Å². The molecule has 2 amide bonds. The maximum atomic E-state index is 14.8. The summed E-state index contributed by atoms with van der Waals surface area (Å²) in [6.07, 6.45) is 14.1. The maximum Gasteiger partial charge on any atom is 0.265 e. The van der Waals surface area contributed by atoms with E-state index in [1.165, 1.54) is 24.8 Å². The topological polar surface area (TPSA) is 107 Å². The number of carbonyl (C=O) groups excluding carboxylic acids is 2. The first-order chi connectivity index (χ1) is 23.2. The lowest BCUT2D eigenvalue weighted by atomic mass is 9.75. The van der Waals surface area contributed by atoms with Crippen LogP contribution in [-0.2, 0) is 30.9 Å². The van der Waals surface area contributed by atoms with Crippen LogP contribution < -0.4 is 9.46 Å². The second-order valence-electron chi connectivity index (χ2n) is 14.7. The summed E-state index contributed by atoms with van der Waals surface area (Å²) in [5.74, 6) is 0.183. The predicted octanol–water partition coefficient (Wildman–Crippen LogP) is 6.00. The Labute approximate surface area is 283 Å². The third-order valence-corrected chi connectivity index (χ3v) is 14.0. The Morgan fingerprint density at radius 2 is 1.81 bits per heavy atom. The number of fused-ring (bicyclic) bond motifs is 8. The normalized spacial score (nSPS) is 27.6. The number of aromatic nitrogens is 1. The van der Waals surface area contributed by atoms with Crippen molar-refractivity contribution in [2.45, 2.75) is 114 Å². The molecule has 3 aliphatic heterocycles. The fraction of sp³-hybridized carbons (Fsp3) is 0.579. The molecule has 1 aromatic carbocycles. The molecule has 4 heterocycles. The molecule has 48 heavy (non-hydrogen) atoms. The molecule has 3 aliphatic carbocycles. The van der Waals surface area contributed by atoms with E-state index in [4.69, 9.17) is 9.47 Å². The van der Waals surface area contributed by atoms with Gasteiger partial charge in [0.1, 0.15) is 5.75 Å². The summed E-state index contributed by atoms with van der Waals surface area (Å²) in [6.45, 7) is 5.02. The van der Waals surface area contributed by atoms with Gasteiger partial charge < -0.3 is 18.9 Å². The van der Waals surface area contributed by atoms with Gasteiger partial charge in [0.2, 0.25) is 15.9 Å². The molecular weight excluding hydrogens is 627 g/mol. The summed E-state index contributed by atoms with van der Waals surface area (Å²) >= 11 is 0. The van der Waals surface area contributed by atoms with Crippen molar-refractivity contribution in [2.24, 2.45) is 5.92 Å². The van der Waals surface area contributed by atoms with Crippen molar-refractivity contribution in [3.63, 3.8) is 0 Å². The number of nitrogens with zero attached hydrogens (tertiary/aromatic N) is 2. The molecule has 0 spiro atoms. The van der Waals surface area contributed by atoms with Crippen LogP contribution >= 0.6 is 0 Å². The van der Waals surface area contributed by atoms with Crippen molar-refractivity contribution in [2.75, 3.05) is 20.3 Å². The van der Waals surface area contributed by atoms with Crippen LogP contribution in [0.25, 0.3) is 10.9 Å². The van der Waals surface area contributed by atoms with Crippen molar-refractivity contribution >= 4 is 32.7 Å². The van der Waals surface area contributed by atoms with Crippen LogP contribution in [0.5, 0.6) is 5.75 Å². The van der Waals surface area contributed by atoms with E-state index in [9.17, 15) is 18.0 Å². The van der Waals surface area contributed by atoms with Crippen LogP contribution in [0.3, 0.4) is 0 Å². The minimum atomic E-state index is -3.83. The Kier molecular flexibility index (Phi) is 8.10. The number of morpholine rings is 1. The first-order valence-electron chi connectivity index (χ1n) is 18.0. The number of carbonyl (C=O) groups is 2. The first-order valence-corrected chi connectivity index (χ1v) is 19.6. The van der Waals surface area contributed by atoms with Crippen LogP contribution in [0.15, 0.2) is 52.6 Å². The van der Waals surface area contributed by atoms with E-state index in [0.29, 0.717) is 44.1 Å². The van der Waals surface area contributed by atoms with Gasteiger partial charge >= 0.3 is 0 Å². The summed E-state index contributed by atoms with van der Waals surface area (Å²) in [5, 5.41) is 0.352. The number of piperidine rings is 1. The molecule has 6 aliphatic rings. The second kappa shape index (κ2) is 12.2. The Balaban J connectivity index is 1.29. The van der Waals surface area contributed by atoms with Gasteiger partial charge in [-0.3, -0.25) is 9.59 Å². The van der Waals surface area contributed by atoms with Gasteiger partial charge in [0.05, 0.1) is 54.7 Å². The molecule has 1 N–H and O–H groups in total. The molecular formula is C38H47N3O6S. The fourth-order valence-electron chi connectivity index (χ4n) is 9.39. The Morgan fingerprint density at radius 1 is 1.06 bits per heavy atom. The number of sulfonamides is 1. The SMILES string of the molecule is CCC(C)S(=O)(=O)NC(=O)C1=C2Cn3c(cc4c(OC)ccc(C5CCCCC5)c43)C3C(=C21)C=CC[C@H]3C(=O)N1[C@@H]2CCC[C@H]1COC2. The average Bonchev–Trinajstić information content (AvgIpc) is 3.72. The summed E-state index contributed by atoms with van der Waals surface area (Å²) in [4.78, 5) is 30.8. The highest BCUT2D eigenvalue weighted by Gasteiger charge is 2.50. The van der Waals surface area contributed by atoms with E-state index < -0.39 is 21.2 Å². The molecule has 1 aromatic heterocycles. The van der Waals surface area contributed by atoms with Crippen LogP contribution in [0, 0.1) is 5.92 Å². The standard InChI is InChI=1S/C38H47N3O6S/c1-4-22(2)48(44,45)39-37(42)35-30-19-40-31(18-29-32(46-3)17-16-26(36(29)40)23-10-6-5-7-11-23)33-27(34(30)35)14-9-15-28(33)38(43)41-24-12-8-13-25(41)21-47-20-24/h9,14,16-18,22-25,28,33H,4-8,10-13,15,19-21H2,1-3H3,(H,39,42)/t22?,24-,25+,28-,33?/m1/s1. The van der Waals surface area contributed by atoms with Gasteiger partial charge in [0, 0.05) is 23.5 Å². The number of benzene rings is 1. The zero-order valence-electron chi connectivity index (χ0n) is 28.3. The third-order valence-electron chi connectivity index (χ3n) is 12.1. The number of hydrogen-bond donors (Lipinski definition) is 1. The molecule has 5 atom stereocenters. The molecule has 9 nitrogen and oxygen atoms in total.